The number of nitrogens with zero attached hydrogens (tertiary/aromatic N) is 2. The second-order valence-electron chi connectivity index (χ2n) is 5.80. The zero-order valence-electron chi connectivity index (χ0n) is 12.9. The van der Waals surface area contributed by atoms with E-state index < -0.39 is 17.8 Å². The summed E-state index contributed by atoms with van der Waals surface area (Å²) in [5, 5.41) is 0. The van der Waals surface area contributed by atoms with Crippen molar-refractivity contribution < 1.29 is 27.4 Å². The van der Waals surface area contributed by atoms with Crippen LogP contribution in [0.15, 0.2) is 6.07 Å². The van der Waals surface area contributed by atoms with E-state index in [1.807, 2.05) is 0 Å². The number of ether oxygens (including phenoxy) is 3. The fourth-order valence-corrected chi connectivity index (χ4v) is 2.95. The Labute approximate surface area is 132 Å². The predicted molar refractivity (Wildman–Crippen MR) is 73.9 cm³/mol. The highest BCUT2D eigenvalue weighted by Gasteiger charge is 2.41. The Balaban J connectivity index is 1.68. The second kappa shape index (κ2) is 6.24. The molecule has 23 heavy (non-hydrogen) atoms. The van der Waals surface area contributed by atoms with Gasteiger partial charge in [-0.1, -0.05) is 6.92 Å². The van der Waals surface area contributed by atoms with Gasteiger partial charge < -0.3 is 14.2 Å². The highest BCUT2D eigenvalue weighted by Crippen LogP contribution is 2.37. The Hall–Kier alpha value is -1.41. The first-order valence-corrected chi connectivity index (χ1v) is 7.80. The normalized spacial score (nSPS) is 21.7. The van der Waals surface area contributed by atoms with Crippen molar-refractivity contribution in [2.24, 2.45) is 0 Å². The number of halogens is 3. The lowest BCUT2D eigenvalue weighted by molar-refractivity contribution is -0.186. The van der Waals surface area contributed by atoms with E-state index in [1.54, 1.807) is 6.92 Å². The van der Waals surface area contributed by atoms with Crippen LogP contribution >= 0.6 is 0 Å². The summed E-state index contributed by atoms with van der Waals surface area (Å²) in [6.45, 7) is 2.92. The lowest BCUT2D eigenvalue weighted by Gasteiger charge is -2.35. The summed E-state index contributed by atoms with van der Waals surface area (Å²) in [6.07, 6.45) is -1.71. The third-order valence-corrected chi connectivity index (χ3v) is 4.17. The molecule has 3 rings (SSSR count). The number of hydrogen-bond acceptors (Lipinski definition) is 5. The van der Waals surface area contributed by atoms with Gasteiger partial charge in [-0.15, -0.1) is 0 Å². The van der Waals surface area contributed by atoms with Gasteiger partial charge in [0.05, 0.1) is 13.2 Å². The fraction of sp³-hybridized carbons (Fsp3) is 0.733. The molecule has 1 aliphatic carbocycles. The predicted octanol–water partition coefficient (Wildman–Crippen LogP) is 3.12. The molecule has 2 fully saturated rings. The minimum Gasteiger partial charge on any atom is -0.474 e. The van der Waals surface area contributed by atoms with Gasteiger partial charge in [0.2, 0.25) is 11.7 Å². The fourth-order valence-electron chi connectivity index (χ4n) is 2.95. The Morgan fingerprint density at radius 1 is 1.22 bits per heavy atom. The molecule has 0 aromatic carbocycles. The molecular formula is C15H19F3N2O3. The lowest BCUT2D eigenvalue weighted by Crippen LogP contribution is -2.38. The minimum atomic E-state index is -4.58. The maximum atomic E-state index is 12.8. The molecule has 1 saturated heterocycles. The van der Waals surface area contributed by atoms with Crippen molar-refractivity contribution in [1.82, 2.24) is 9.97 Å². The third-order valence-electron chi connectivity index (χ3n) is 4.17. The molecule has 1 aliphatic heterocycles. The first kappa shape index (κ1) is 16.4. The van der Waals surface area contributed by atoms with Crippen LogP contribution in [-0.2, 0) is 22.1 Å². The van der Waals surface area contributed by atoms with E-state index >= 15 is 0 Å². The minimum absolute atomic E-state index is 0.0154. The molecule has 0 unspecified atom stereocenters. The summed E-state index contributed by atoms with van der Waals surface area (Å²) < 4.78 is 55.5. The average molecular weight is 332 g/mol. The largest absolute Gasteiger partial charge is 0.474 e. The van der Waals surface area contributed by atoms with Crippen LogP contribution in [0.25, 0.3) is 0 Å². The standard InChI is InChI=1S/C15H19F3N2O3/c1-2-10-9-12(20-13(19-10)15(16,17)18)23-11-3-5-14(6-4-11)21-7-8-22-14/h9,11H,2-8H2,1H3. The first-order valence-electron chi connectivity index (χ1n) is 7.80. The van der Waals surface area contributed by atoms with Gasteiger partial charge >= 0.3 is 6.18 Å². The Bertz CT molecular complexity index is 549. The first-order chi connectivity index (χ1) is 10.9. The molecule has 5 nitrogen and oxygen atoms in total. The molecule has 0 amide bonds. The van der Waals surface area contributed by atoms with Gasteiger partial charge in [0.25, 0.3) is 0 Å². The van der Waals surface area contributed by atoms with Crippen molar-refractivity contribution in [3.63, 3.8) is 0 Å². The van der Waals surface area contributed by atoms with Crippen molar-refractivity contribution >= 4 is 0 Å². The van der Waals surface area contributed by atoms with E-state index in [0.29, 0.717) is 51.0 Å². The van der Waals surface area contributed by atoms with Gasteiger partial charge in [0.1, 0.15) is 6.10 Å². The van der Waals surface area contributed by atoms with E-state index in [1.165, 1.54) is 6.07 Å². The second-order valence-corrected chi connectivity index (χ2v) is 5.80. The van der Waals surface area contributed by atoms with Crippen LogP contribution in [0.3, 0.4) is 0 Å². The highest BCUT2D eigenvalue weighted by molar-refractivity contribution is 5.18. The topological polar surface area (TPSA) is 53.5 Å². The van der Waals surface area contributed by atoms with Crippen LogP contribution in [0.2, 0.25) is 0 Å². The Morgan fingerprint density at radius 2 is 1.87 bits per heavy atom. The Morgan fingerprint density at radius 3 is 2.43 bits per heavy atom. The summed E-state index contributed by atoms with van der Waals surface area (Å²) in [7, 11) is 0. The van der Waals surface area contributed by atoms with Crippen molar-refractivity contribution in [3.8, 4) is 5.88 Å². The van der Waals surface area contributed by atoms with Crippen LogP contribution in [0, 0.1) is 0 Å². The maximum Gasteiger partial charge on any atom is 0.451 e. The molecule has 8 heteroatoms. The molecule has 2 heterocycles. The molecule has 128 valence electrons. The SMILES string of the molecule is CCc1cc(OC2CCC3(CC2)OCCO3)nc(C(F)(F)F)n1. The van der Waals surface area contributed by atoms with Gasteiger partial charge in [-0.05, 0) is 19.3 Å². The quantitative estimate of drug-likeness (QED) is 0.851. The van der Waals surface area contributed by atoms with Crippen LogP contribution in [0.4, 0.5) is 13.2 Å². The van der Waals surface area contributed by atoms with Crippen molar-refractivity contribution in [1.29, 1.82) is 0 Å². The molecule has 2 aliphatic rings. The molecule has 0 bridgehead atoms. The summed E-state index contributed by atoms with van der Waals surface area (Å²) in [4.78, 5) is 7.03. The van der Waals surface area contributed by atoms with Crippen molar-refractivity contribution in [2.75, 3.05) is 13.2 Å². The molecular weight excluding hydrogens is 313 g/mol. The molecule has 1 spiro atoms. The van der Waals surface area contributed by atoms with E-state index in [0.717, 1.165) is 0 Å². The molecule has 0 atom stereocenters. The van der Waals surface area contributed by atoms with Gasteiger partial charge in [0, 0.05) is 24.6 Å². The molecule has 1 aromatic heterocycles. The monoisotopic (exact) mass is 332 g/mol. The van der Waals surface area contributed by atoms with Crippen molar-refractivity contribution in [3.05, 3.63) is 17.6 Å². The van der Waals surface area contributed by atoms with Crippen LogP contribution in [0.5, 0.6) is 5.88 Å². The Kier molecular flexibility index (Phi) is 4.46. The van der Waals surface area contributed by atoms with Crippen LogP contribution < -0.4 is 4.74 Å². The molecule has 0 radical (unpaired) electrons. The number of aryl methyl sites for hydroxylation is 1. The van der Waals surface area contributed by atoms with E-state index in [2.05, 4.69) is 9.97 Å². The smallest absolute Gasteiger partial charge is 0.451 e. The summed E-state index contributed by atoms with van der Waals surface area (Å²) in [5.41, 5.74) is 0.317. The third kappa shape index (κ3) is 3.74. The average Bonchev–Trinajstić information content (AvgIpc) is 2.97. The molecule has 1 aromatic rings. The molecule has 1 saturated carbocycles. The molecule has 0 N–H and O–H groups in total. The summed E-state index contributed by atoms with van der Waals surface area (Å²) in [5.74, 6) is -1.68. The highest BCUT2D eigenvalue weighted by atomic mass is 19.4. The number of rotatable bonds is 3. The number of aromatic nitrogens is 2. The van der Waals surface area contributed by atoms with E-state index in [-0.39, 0.29) is 12.0 Å². The van der Waals surface area contributed by atoms with Gasteiger partial charge in [0.15, 0.2) is 5.79 Å². The maximum absolute atomic E-state index is 12.8. The van der Waals surface area contributed by atoms with Crippen molar-refractivity contribution in [2.45, 2.75) is 57.1 Å². The van der Waals surface area contributed by atoms with Crippen LogP contribution in [-0.4, -0.2) is 35.1 Å². The zero-order chi connectivity index (χ0) is 16.5. The van der Waals surface area contributed by atoms with E-state index in [9.17, 15) is 13.2 Å². The van der Waals surface area contributed by atoms with E-state index in [4.69, 9.17) is 14.2 Å². The van der Waals surface area contributed by atoms with Gasteiger partial charge in [-0.2, -0.15) is 18.2 Å². The van der Waals surface area contributed by atoms with Gasteiger partial charge in [-0.25, -0.2) is 4.98 Å². The van der Waals surface area contributed by atoms with Gasteiger partial charge in [-0.3, -0.25) is 0 Å². The summed E-state index contributed by atoms with van der Waals surface area (Å²) >= 11 is 0. The lowest BCUT2D eigenvalue weighted by atomic mass is 9.92. The number of hydrogen-bond donors (Lipinski definition) is 0. The van der Waals surface area contributed by atoms with Crippen LogP contribution in [0.1, 0.15) is 44.1 Å². The zero-order valence-corrected chi connectivity index (χ0v) is 12.9. The summed E-state index contributed by atoms with van der Waals surface area (Å²) in [6, 6.07) is 1.47. The number of alkyl halides is 3.